The van der Waals surface area contributed by atoms with Gasteiger partial charge in [-0.25, -0.2) is 0 Å². The van der Waals surface area contributed by atoms with Crippen molar-refractivity contribution in [3.63, 3.8) is 0 Å². The number of hydrazine groups is 1. The van der Waals surface area contributed by atoms with Gasteiger partial charge in [-0.05, 0) is 24.5 Å². The van der Waals surface area contributed by atoms with Gasteiger partial charge >= 0.3 is 0 Å². The second-order valence-electron chi connectivity index (χ2n) is 5.30. The molecule has 0 saturated heterocycles. The predicted molar refractivity (Wildman–Crippen MR) is 98.1 cm³/mol. The summed E-state index contributed by atoms with van der Waals surface area (Å²) in [7, 11) is 0. The normalized spacial score (nSPS) is 10.5. The molecule has 0 fully saturated rings. The van der Waals surface area contributed by atoms with Crippen molar-refractivity contribution in [3.05, 3.63) is 69.9 Å². The smallest absolute Gasteiger partial charge is 0.282 e. The lowest BCUT2D eigenvalue weighted by atomic mass is 10.1. The Hall–Kier alpha value is -3.33. The number of nitrogens with one attached hydrogen (secondary N) is 3. The summed E-state index contributed by atoms with van der Waals surface area (Å²) in [6, 6.07) is 11.5. The number of aromatic nitrogens is 1. The van der Waals surface area contributed by atoms with Gasteiger partial charge in [-0.3, -0.25) is 30.6 Å². The average molecular weight is 370 g/mol. The summed E-state index contributed by atoms with van der Waals surface area (Å²) in [4.78, 5) is 38.8. The number of carbonyl (C=O) groups excluding carboxylic acids is 2. The third kappa shape index (κ3) is 3.38. The number of rotatable bonds is 4. The number of nitro benzene ring substituents is 1. The van der Waals surface area contributed by atoms with E-state index in [0.29, 0.717) is 15.8 Å². The fourth-order valence-electron chi connectivity index (χ4n) is 2.49. The number of amides is 2. The van der Waals surface area contributed by atoms with Gasteiger partial charge in [0.1, 0.15) is 5.56 Å². The van der Waals surface area contributed by atoms with E-state index in [4.69, 9.17) is 0 Å². The minimum absolute atomic E-state index is 0.124. The van der Waals surface area contributed by atoms with Gasteiger partial charge in [0.25, 0.3) is 17.5 Å². The van der Waals surface area contributed by atoms with Crippen LogP contribution in [-0.4, -0.2) is 28.0 Å². The molecule has 0 unspecified atom stereocenters. The number of carbonyl (C=O) groups is 2. The van der Waals surface area contributed by atoms with Crippen LogP contribution in [0.5, 0.6) is 0 Å². The molecule has 0 spiro atoms. The number of hydrogen-bond acceptors (Lipinski definition) is 5. The number of hydrogen-bond donors (Lipinski definition) is 3. The Morgan fingerprint density at radius 1 is 1.08 bits per heavy atom. The Kier molecular flexibility index (Phi) is 4.90. The molecule has 3 N–H and O–H groups in total. The van der Waals surface area contributed by atoms with Gasteiger partial charge in [-0.15, -0.1) is 11.8 Å². The molecule has 2 aromatic carbocycles. The molecule has 0 aliphatic heterocycles. The number of fused-ring (bicyclic) bond motifs is 1. The van der Waals surface area contributed by atoms with E-state index in [2.05, 4.69) is 15.8 Å². The number of nitro groups is 1. The molecule has 132 valence electrons. The van der Waals surface area contributed by atoms with Gasteiger partial charge < -0.3 is 4.98 Å². The fourth-order valence-corrected chi connectivity index (χ4v) is 2.93. The highest BCUT2D eigenvalue weighted by molar-refractivity contribution is 7.98. The summed E-state index contributed by atoms with van der Waals surface area (Å²) in [5.74, 6) is -1.29. The molecule has 0 aliphatic carbocycles. The van der Waals surface area contributed by atoms with Crippen molar-refractivity contribution in [2.24, 2.45) is 0 Å². The van der Waals surface area contributed by atoms with Gasteiger partial charge in [0.05, 0.1) is 10.5 Å². The number of benzene rings is 2. The number of nitrogens with zero attached hydrogens (tertiary/aromatic N) is 1. The molecule has 0 radical (unpaired) electrons. The summed E-state index contributed by atoms with van der Waals surface area (Å²) in [5.41, 5.74) is 5.21. The van der Waals surface area contributed by atoms with Crippen molar-refractivity contribution in [1.29, 1.82) is 0 Å². The zero-order chi connectivity index (χ0) is 18.7. The molecule has 2 amide bonds. The zero-order valence-electron chi connectivity index (χ0n) is 13.6. The Morgan fingerprint density at radius 2 is 1.77 bits per heavy atom. The van der Waals surface area contributed by atoms with Crippen LogP contribution >= 0.6 is 11.8 Å². The molecule has 1 aromatic heterocycles. The van der Waals surface area contributed by atoms with E-state index >= 15 is 0 Å². The number of thioether (sulfide) groups is 1. The third-order valence-corrected chi connectivity index (χ3v) is 4.49. The topological polar surface area (TPSA) is 117 Å². The molecule has 3 aromatic rings. The minimum Gasteiger partial charge on any atom is -0.360 e. The van der Waals surface area contributed by atoms with E-state index in [-0.39, 0.29) is 11.3 Å². The first-order valence-electron chi connectivity index (χ1n) is 7.50. The standard InChI is InChI=1S/C17H14N4O4S/c1-26-10-6-7-15(21(24)25)12(8-10)16(22)19-20-17(23)13-9-18-14-5-3-2-4-11(13)14/h2-9,18H,1H3,(H,19,22)(H,20,23). The molecular weight excluding hydrogens is 356 g/mol. The van der Waals surface area contributed by atoms with Crippen LogP contribution < -0.4 is 10.9 Å². The maximum Gasteiger partial charge on any atom is 0.282 e. The van der Waals surface area contributed by atoms with E-state index in [1.165, 1.54) is 30.1 Å². The van der Waals surface area contributed by atoms with Gasteiger partial charge in [0, 0.05) is 28.1 Å². The first kappa shape index (κ1) is 17.5. The highest BCUT2D eigenvalue weighted by Crippen LogP contribution is 2.24. The molecule has 3 rings (SSSR count). The number of aromatic amines is 1. The van der Waals surface area contributed by atoms with Crippen LogP contribution in [0.4, 0.5) is 5.69 Å². The van der Waals surface area contributed by atoms with Gasteiger partial charge in [-0.1, -0.05) is 18.2 Å². The van der Waals surface area contributed by atoms with Crippen LogP contribution in [0.2, 0.25) is 0 Å². The molecule has 0 aliphatic rings. The summed E-state index contributed by atoms with van der Waals surface area (Å²) < 4.78 is 0. The van der Waals surface area contributed by atoms with Crippen LogP contribution in [0.3, 0.4) is 0 Å². The Labute approximate surface area is 152 Å². The van der Waals surface area contributed by atoms with E-state index in [0.717, 1.165) is 5.52 Å². The molecule has 0 saturated carbocycles. The summed E-state index contributed by atoms with van der Waals surface area (Å²) in [6.07, 6.45) is 3.32. The lowest BCUT2D eigenvalue weighted by Gasteiger charge is -2.08. The summed E-state index contributed by atoms with van der Waals surface area (Å²) >= 11 is 1.35. The number of para-hydroxylation sites is 1. The summed E-state index contributed by atoms with van der Waals surface area (Å²) in [5, 5.41) is 11.8. The minimum atomic E-state index is -0.763. The molecule has 9 heteroatoms. The molecule has 26 heavy (non-hydrogen) atoms. The Bertz CT molecular complexity index is 1010. The lowest BCUT2D eigenvalue weighted by molar-refractivity contribution is -0.385. The molecule has 1 heterocycles. The van der Waals surface area contributed by atoms with E-state index in [9.17, 15) is 19.7 Å². The number of H-pyrrole nitrogens is 1. The van der Waals surface area contributed by atoms with Crippen molar-refractivity contribution >= 4 is 40.2 Å². The van der Waals surface area contributed by atoms with E-state index in [1.54, 1.807) is 24.5 Å². The first-order chi connectivity index (χ1) is 12.5. The molecule has 8 nitrogen and oxygen atoms in total. The van der Waals surface area contributed by atoms with Gasteiger partial charge in [-0.2, -0.15) is 0 Å². The Balaban J connectivity index is 1.78. The first-order valence-corrected chi connectivity index (χ1v) is 8.73. The monoisotopic (exact) mass is 370 g/mol. The predicted octanol–water partition coefficient (Wildman–Crippen LogP) is 2.87. The Morgan fingerprint density at radius 3 is 2.46 bits per heavy atom. The fraction of sp³-hybridized carbons (Fsp3) is 0.0588. The average Bonchev–Trinajstić information content (AvgIpc) is 3.09. The molecule has 0 atom stereocenters. The van der Waals surface area contributed by atoms with Gasteiger partial charge in [0.15, 0.2) is 0 Å². The van der Waals surface area contributed by atoms with Crippen LogP contribution in [0, 0.1) is 10.1 Å². The SMILES string of the molecule is CSc1ccc([N+](=O)[O-])c(C(=O)NNC(=O)c2c[nH]c3ccccc23)c1. The molecular formula is C17H14N4O4S. The van der Waals surface area contributed by atoms with Crippen LogP contribution in [-0.2, 0) is 0 Å². The summed E-state index contributed by atoms with van der Waals surface area (Å²) in [6.45, 7) is 0. The maximum absolute atomic E-state index is 12.3. The third-order valence-electron chi connectivity index (χ3n) is 3.77. The quantitative estimate of drug-likeness (QED) is 0.371. The van der Waals surface area contributed by atoms with Crippen molar-refractivity contribution in [3.8, 4) is 0 Å². The largest absolute Gasteiger partial charge is 0.360 e. The second kappa shape index (κ2) is 7.28. The highest BCUT2D eigenvalue weighted by atomic mass is 32.2. The van der Waals surface area contributed by atoms with Crippen molar-refractivity contribution in [2.45, 2.75) is 4.90 Å². The van der Waals surface area contributed by atoms with E-state index in [1.807, 2.05) is 12.1 Å². The highest BCUT2D eigenvalue weighted by Gasteiger charge is 2.21. The van der Waals surface area contributed by atoms with Gasteiger partial charge in [0.2, 0.25) is 0 Å². The van der Waals surface area contributed by atoms with Crippen molar-refractivity contribution in [1.82, 2.24) is 15.8 Å². The second-order valence-corrected chi connectivity index (χ2v) is 6.18. The molecule has 0 bridgehead atoms. The maximum atomic E-state index is 12.3. The zero-order valence-corrected chi connectivity index (χ0v) is 14.4. The lowest BCUT2D eigenvalue weighted by Crippen LogP contribution is -2.41. The van der Waals surface area contributed by atoms with E-state index < -0.39 is 16.7 Å². The van der Waals surface area contributed by atoms with Crippen LogP contribution in [0.25, 0.3) is 10.9 Å². The van der Waals surface area contributed by atoms with Crippen LogP contribution in [0.15, 0.2) is 53.6 Å². The van der Waals surface area contributed by atoms with Crippen molar-refractivity contribution < 1.29 is 14.5 Å². The van der Waals surface area contributed by atoms with Crippen molar-refractivity contribution in [2.75, 3.05) is 6.26 Å². The van der Waals surface area contributed by atoms with Crippen LogP contribution in [0.1, 0.15) is 20.7 Å².